The fourth-order valence-electron chi connectivity index (χ4n) is 2.73. The topological polar surface area (TPSA) is 79.3 Å². The van der Waals surface area contributed by atoms with Crippen LogP contribution in [0.5, 0.6) is 0 Å². The van der Waals surface area contributed by atoms with Crippen LogP contribution in [-0.4, -0.2) is 46.4 Å². The maximum atomic E-state index is 13.1. The summed E-state index contributed by atoms with van der Waals surface area (Å²) in [6.07, 6.45) is -1.10. The molecular weight excluding hydrogens is 373 g/mol. The van der Waals surface area contributed by atoms with Crippen molar-refractivity contribution in [2.75, 3.05) is 14.1 Å². The minimum absolute atomic E-state index is 0.0273. The van der Waals surface area contributed by atoms with Crippen molar-refractivity contribution in [1.29, 1.82) is 0 Å². The zero-order valence-corrected chi connectivity index (χ0v) is 13.7. The molecule has 4 amide bonds. The van der Waals surface area contributed by atoms with E-state index in [2.05, 4.69) is 21.1 Å². The number of oxime groups is 1. The number of hydrogen-bond donors (Lipinski definition) is 0. The second-order valence-corrected chi connectivity index (χ2v) is 5.99. The van der Waals surface area contributed by atoms with E-state index in [0.29, 0.717) is 5.56 Å². The number of amides is 4. The third-order valence-corrected chi connectivity index (χ3v) is 4.76. The average molecular weight is 384 g/mol. The van der Waals surface area contributed by atoms with Crippen LogP contribution in [0, 0.1) is 11.2 Å². The number of carbonyl (C=O) groups is 3. The van der Waals surface area contributed by atoms with Gasteiger partial charge in [0, 0.05) is 14.1 Å². The van der Waals surface area contributed by atoms with Crippen LogP contribution in [0.4, 0.5) is 9.18 Å². The predicted octanol–water partition coefficient (Wildman–Crippen LogP) is 1.64. The van der Waals surface area contributed by atoms with Crippen molar-refractivity contribution in [3.8, 4) is 0 Å². The summed E-state index contributed by atoms with van der Waals surface area (Å²) in [6.45, 7) is 0. The number of imide groups is 2. The molecule has 2 heterocycles. The van der Waals surface area contributed by atoms with Gasteiger partial charge in [-0.3, -0.25) is 19.4 Å². The molecule has 1 spiro atoms. The lowest BCUT2D eigenvalue weighted by Crippen LogP contribution is -2.66. The van der Waals surface area contributed by atoms with Crippen LogP contribution in [0.3, 0.4) is 0 Å². The fraction of sp³-hybridized carbons (Fsp3) is 0.286. The summed E-state index contributed by atoms with van der Waals surface area (Å²) in [4.78, 5) is 44.4. The molecular formula is C14H11BrFN3O4. The second-order valence-electron chi connectivity index (χ2n) is 5.24. The van der Waals surface area contributed by atoms with E-state index >= 15 is 0 Å². The number of barbiturate groups is 1. The Morgan fingerprint density at radius 2 is 1.65 bits per heavy atom. The molecule has 1 aromatic carbocycles. The van der Waals surface area contributed by atoms with Gasteiger partial charge >= 0.3 is 6.03 Å². The Morgan fingerprint density at radius 3 is 2.17 bits per heavy atom. The molecule has 0 bridgehead atoms. The van der Waals surface area contributed by atoms with E-state index in [-0.39, 0.29) is 4.62 Å². The van der Waals surface area contributed by atoms with Gasteiger partial charge in [0.1, 0.15) is 5.82 Å². The lowest BCUT2D eigenvalue weighted by atomic mass is 9.76. The molecule has 0 aliphatic carbocycles. The monoisotopic (exact) mass is 383 g/mol. The third-order valence-electron chi connectivity index (χ3n) is 3.99. The Labute approximate surface area is 138 Å². The molecule has 1 fully saturated rings. The summed E-state index contributed by atoms with van der Waals surface area (Å²) in [5, 5.41) is 3.72. The van der Waals surface area contributed by atoms with Crippen molar-refractivity contribution in [1.82, 2.24) is 9.80 Å². The van der Waals surface area contributed by atoms with Crippen LogP contribution >= 0.6 is 15.9 Å². The van der Waals surface area contributed by atoms with Gasteiger partial charge in [0.25, 0.3) is 11.8 Å². The highest BCUT2D eigenvalue weighted by Gasteiger charge is 2.67. The first-order valence-electron chi connectivity index (χ1n) is 6.57. The number of halogens is 2. The van der Waals surface area contributed by atoms with Gasteiger partial charge in [0.05, 0.1) is 0 Å². The molecule has 2 aliphatic heterocycles. The Hall–Kier alpha value is -2.29. The SMILES string of the molecule is CN1C(=O)N(C)C(=O)C2(C1=O)C(Br)=NOC2c1ccc(F)cc1. The van der Waals surface area contributed by atoms with Crippen molar-refractivity contribution >= 4 is 38.4 Å². The van der Waals surface area contributed by atoms with E-state index in [1.165, 1.54) is 38.4 Å². The van der Waals surface area contributed by atoms with Gasteiger partial charge < -0.3 is 4.84 Å². The van der Waals surface area contributed by atoms with Gasteiger partial charge in [-0.2, -0.15) is 0 Å². The molecule has 23 heavy (non-hydrogen) atoms. The summed E-state index contributed by atoms with van der Waals surface area (Å²) >= 11 is 3.11. The minimum atomic E-state index is -1.84. The van der Waals surface area contributed by atoms with Crippen LogP contribution in [-0.2, 0) is 14.4 Å². The summed E-state index contributed by atoms with van der Waals surface area (Å²) < 4.78 is 13.1. The smallest absolute Gasteiger partial charge is 0.332 e. The molecule has 3 rings (SSSR count). The summed E-state index contributed by atoms with van der Waals surface area (Å²) in [6, 6.07) is 4.44. The summed E-state index contributed by atoms with van der Waals surface area (Å²) in [7, 11) is 2.55. The van der Waals surface area contributed by atoms with E-state index < -0.39 is 35.2 Å². The molecule has 7 nitrogen and oxygen atoms in total. The van der Waals surface area contributed by atoms with Crippen LogP contribution < -0.4 is 0 Å². The number of benzene rings is 1. The Kier molecular flexibility index (Phi) is 3.47. The van der Waals surface area contributed by atoms with Crippen molar-refractivity contribution in [3.05, 3.63) is 35.6 Å². The standard InChI is InChI=1S/C14H11BrFN3O4/c1-18-11(20)14(12(21)19(2)13(18)22)9(23-17-10(14)15)7-3-5-8(16)6-4-7/h3-6,9H,1-2H3. The van der Waals surface area contributed by atoms with Crippen molar-refractivity contribution in [3.63, 3.8) is 0 Å². The second kappa shape index (κ2) is 5.12. The predicted molar refractivity (Wildman–Crippen MR) is 80.0 cm³/mol. The number of carbonyl (C=O) groups excluding carboxylic acids is 3. The van der Waals surface area contributed by atoms with E-state index in [1.807, 2.05) is 0 Å². The molecule has 1 saturated heterocycles. The van der Waals surface area contributed by atoms with E-state index in [9.17, 15) is 18.8 Å². The molecule has 0 radical (unpaired) electrons. The molecule has 0 aromatic heterocycles. The number of nitrogens with zero attached hydrogens (tertiary/aromatic N) is 3. The van der Waals surface area contributed by atoms with E-state index in [1.54, 1.807) is 0 Å². The quantitative estimate of drug-likeness (QED) is 0.690. The molecule has 0 N–H and O–H groups in total. The van der Waals surface area contributed by atoms with Crippen molar-refractivity contribution in [2.45, 2.75) is 6.10 Å². The van der Waals surface area contributed by atoms with E-state index in [4.69, 9.17) is 4.84 Å². The average Bonchev–Trinajstić information content (AvgIpc) is 2.89. The summed E-state index contributed by atoms with van der Waals surface area (Å²) in [5.41, 5.74) is -1.45. The molecule has 1 aromatic rings. The maximum Gasteiger partial charge on any atom is 0.332 e. The highest BCUT2D eigenvalue weighted by molar-refractivity contribution is 9.18. The molecule has 1 unspecified atom stereocenters. The van der Waals surface area contributed by atoms with Crippen LogP contribution in [0.25, 0.3) is 0 Å². The first-order valence-corrected chi connectivity index (χ1v) is 7.36. The molecule has 1 atom stereocenters. The van der Waals surface area contributed by atoms with Crippen molar-refractivity contribution < 1.29 is 23.6 Å². The van der Waals surface area contributed by atoms with Gasteiger partial charge in [-0.25, -0.2) is 9.18 Å². The lowest BCUT2D eigenvalue weighted by molar-refractivity contribution is -0.158. The highest BCUT2D eigenvalue weighted by atomic mass is 79.9. The van der Waals surface area contributed by atoms with Crippen LogP contribution in [0.1, 0.15) is 11.7 Å². The zero-order chi connectivity index (χ0) is 16.9. The number of hydrogen-bond acceptors (Lipinski definition) is 5. The first-order chi connectivity index (χ1) is 10.8. The third kappa shape index (κ3) is 1.92. The van der Waals surface area contributed by atoms with Gasteiger partial charge in [-0.15, -0.1) is 0 Å². The highest BCUT2D eigenvalue weighted by Crippen LogP contribution is 2.49. The van der Waals surface area contributed by atoms with Gasteiger partial charge in [0.15, 0.2) is 10.7 Å². The van der Waals surface area contributed by atoms with Gasteiger partial charge in [-0.1, -0.05) is 17.3 Å². The molecule has 0 saturated carbocycles. The van der Waals surface area contributed by atoms with E-state index in [0.717, 1.165) is 9.80 Å². The zero-order valence-electron chi connectivity index (χ0n) is 12.1. The van der Waals surface area contributed by atoms with Gasteiger partial charge in [0.2, 0.25) is 5.41 Å². The van der Waals surface area contributed by atoms with Crippen molar-refractivity contribution in [2.24, 2.45) is 10.6 Å². The summed E-state index contributed by atoms with van der Waals surface area (Å²) in [5.74, 6) is -1.98. The Bertz CT molecular complexity index is 725. The molecule has 9 heteroatoms. The molecule has 120 valence electrons. The minimum Gasteiger partial charge on any atom is -0.385 e. The first kappa shape index (κ1) is 15.6. The Morgan fingerprint density at radius 1 is 1.13 bits per heavy atom. The van der Waals surface area contributed by atoms with Crippen LogP contribution in [0.2, 0.25) is 0 Å². The largest absolute Gasteiger partial charge is 0.385 e. The molecule has 2 aliphatic rings. The van der Waals surface area contributed by atoms with Gasteiger partial charge in [-0.05, 0) is 33.6 Å². The Balaban J connectivity index is 2.17. The normalized spacial score (nSPS) is 23.4. The van der Waals surface area contributed by atoms with Crippen LogP contribution in [0.15, 0.2) is 29.4 Å². The lowest BCUT2D eigenvalue weighted by Gasteiger charge is -2.40. The maximum absolute atomic E-state index is 13.1. The fourth-order valence-corrected chi connectivity index (χ4v) is 3.36. The number of rotatable bonds is 1. The number of urea groups is 1.